The van der Waals surface area contributed by atoms with Crippen molar-refractivity contribution in [3.63, 3.8) is 0 Å². The van der Waals surface area contributed by atoms with Crippen LogP contribution in [-0.2, 0) is 9.84 Å². The molecule has 0 aliphatic heterocycles. The van der Waals surface area contributed by atoms with Gasteiger partial charge in [-0.3, -0.25) is 0 Å². The lowest BCUT2D eigenvalue weighted by molar-refractivity contribution is 0.466. The van der Waals surface area contributed by atoms with E-state index in [0.717, 1.165) is 0 Å². The molecular formula is C10H19ClO2S. The van der Waals surface area contributed by atoms with Crippen molar-refractivity contribution < 1.29 is 8.42 Å². The van der Waals surface area contributed by atoms with E-state index in [-0.39, 0.29) is 16.4 Å². The SMILES string of the molecule is C=CC(C)(CCl)CCS(=O)(=O)C(C)C. The Morgan fingerprint density at radius 1 is 1.50 bits per heavy atom. The van der Waals surface area contributed by atoms with Crippen LogP contribution >= 0.6 is 11.6 Å². The highest BCUT2D eigenvalue weighted by Gasteiger charge is 2.24. The minimum absolute atomic E-state index is 0.180. The molecule has 84 valence electrons. The summed E-state index contributed by atoms with van der Waals surface area (Å²) in [7, 11) is -2.96. The van der Waals surface area contributed by atoms with E-state index in [4.69, 9.17) is 11.6 Å². The minimum atomic E-state index is -2.96. The third kappa shape index (κ3) is 4.01. The third-order valence-corrected chi connectivity index (χ3v) is 5.29. The second kappa shape index (κ2) is 5.17. The molecule has 14 heavy (non-hydrogen) atoms. The summed E-state index contributed by atoms with van der Waals surface area (Å²) in [5.41, 5.74) is -0.274. The fourth-order valence-corrected chi connectivity index (χ4v) is 2.30. The molecule has 0 rings (SSSR count). The molecule has 0 saturated carbocycles. The quantitative estimate of drug-likeness (QED) is 0.527. The van der Waals surface area contributed by atoms with E-state index in [1.807, 2.05) is 6.92 Å². The largest absolute Gasteiger partial charge is 0.229 e. The van der Waals surface area contributed by atoms with Crippen LogP contribution in [0.4, 0.5) is 0 Å². The molecule has 2 nitrogen and oxygen atoms in total. The smallest absolute Gasteiger partial charge is 0.152 e. The van der Waals surface area contributed by atoms with Gasteiger partial charge in [0.2, 0.25) is 0 Å². The molecule has 0 aromatic rings. The van der Waals surface area contributed by atoms with Gasteiger partial charge in [-0.1, -0.05) is 13.0 Å². The average Bonchev–Trinajstić information content (AvgIpc) is 2.14. The van der Waals surface area contributed by atoms with Gasteiger partial charge in [0.15, 0.2) is 9.84 Å². The Labute approximate surface area is 92.3 Å². The zero-order valence-electron chi connectivity index (χ0n) is 9.09. The van der Waals surface area contributed by atoms with E-state index in [1.54, 1.807) is 19.9 Å². The molecule has 1 unspecified atom stereocenters. The summed E-state index contributed by atoms with van der Waals surface area (Å²) in [5.74, 6) is 0.587. The van der Waals surface area contributed by atoms with Crippen LogP contribution in [0.1, 0.15) is 27.2 Å². The number of sulfone groups is 1. The zero-order chi connectivity index (χ0) is 11.4. The summed E-state index contributed by atoms with van der Waals surface area (Å²) < 4.78 is 23.1. The minimum Gasteiger partial charge on any atom is -0.229 e. The summed E-state index contributed by atoms with van der Waals surface area (Å²) in [6.07, 6.45) is 2.27. The molecule has 0 aliphatic rings. The van der Waals surface area contributed by atoms with Gasteiger partial charge in [0.1, 0.15) is 0 Å². The number of hydrogen-bond acceptors (Lipinski definition) is 2. The maximum absolute atomic E-state index is 11.5. The second-order valence-corrected chi connectivity index (χ2v) is 7.10. The van der Waals surface area contributed by atoms with Crippen molar-refractivity contribution in [2.45, 2.75) is 32.4 Å². The summed E-state index contributed by atoms with van der Waals surface area (Å²) in [4.78, 5) is 0. The van der Waals surface area contributed by atoms with E-state index in [1.165, 1.54) is 0 Å². The first-order valence-electron chi connectivity index (χ1n) is 4.68. The molecule has 0 N–H and O–H groups in total. The van der Waals surface area contributed by atoms with Crippen LogP contribution in [0.25, 0.3) is 0 Å². The summed E-state index contributed by atoms with van der Waals surface area (Å²) >= 11 is 5.75. The Morgan fingerprint density at radius 2 is 2.00 bits per heavy atom. The highest BCUT2D eigenvalue weighted by Crippen LogP contribution is 2.25. The molecule has 0 spiro atoms. The lowest BCUT2D eigenvalue weighted by atomic mass is 9.90. The first-order valence-corrected chi connectivity index (χ1v) is 6.93. The van der Waals surface area contributed by atoms with Crippen molar-refractivity contribution in [1.82, 2.24) is 0 Å². The van der Waals surface area contributed by atoms with Gasteiger partial charge >= 0.3 is 0 Å². The number of hydrogen-bond donors (Lipinski definition) is 0. The fourth-order valence-electron chi connectivity index (χ4n) is 0.835. The lowest BCUT2D eigenvalue weighted by Gasteiger charge is -2.22. The molecular weight excluding hydrogens is 220 g/mol. The van der Waals surface area contributed by atoms with Crippen molar-refractivity contribution >= 4 is 21.4 Å². The predicted octanol–water partition coefficient (Wildman–Crippen LogP) is 2.63. The summed E-state index contributed by atoms with van der Waals surface area (Å²) in [5, 5.41) is -0.313. The Kier molecular flexibility index (Phi) is 5.16. The molecule has 0 aliphatic carbocycles. The standard InChI is InChI=1S/C10H19ClO2S/c1-5-10(4,8-11)6-7-14(12,13)9(2)3/h5,9H,1,6-8H2,2-4H3. The van der Waals surface area contributed by atoms with Crippen LogP contribution in [-0.4, -0.2) is 25.3 Å². The van der Waals surface area contributed by atoms with Crippen LogP contribution in [0.15, 0.2) is 12.7 Å². The van der Waals surface area contributed by atoms with Gasteiger partial charge in [-0.15, -0.1) is 18.2 Å². The van der Waals surface area contributed by atoms with Crippen LogP contribution in [0.2, 0.25) is 0 Å². The van der Waals surface area contributed by atoms with Crippen LogP contribution in [0.3, 0.4) is 0 Å². The Morgan fingerprint density at radius 3 is 2.29 bits per heavy atom. The number of rotatable bonds is 6. The molecule has 0 amide bonds. The lowest BCUT2D eigenvalue weighted by Crippen LogP contribution is -2.24. The van der Waals surface area contributed by atoms with E-state index >= 15 is 0 Å². The van der Waals surface area contributed by atoms with E-state index in [2.05, 4.69) is 6.58 Å². The van der Waals surface area contributed by atoms with Gasteiger partial charge in [-0.05, 0) is 25.7 Å². The van der Waals surface area contributed by atoms with Crippen molar-refractivity contribution in [3.05, 3.63) is 12.7 Å². The molecule has 0 heterocycles. The Hall–Kier alpha value is -0.0200. The molecule has 0 radical (unpaired) electrons. The van der Waals surface area contributed by atoms with Crippen molar-refractivity contribution in [3.8, 4) is 0 Å². The zero-order valence-corrected chi connectivity index (χ0v) is 10.7. The topological polar surface area (TPSA) is 34.1 Å². The molecule has 0 saturated heterocycles. The number of alkyl halides is 1. The van der Waals surface area contributed by atoms with E-state index in [9.17, 15) is 8.42 Å². The normalized spacial score (nSPS) is 16.6. The highest BCUT2D eigenvalue weighted by atomic mass is 35.5. The van der Waals surface area contributed by atoms with Crippen LogP contribution < -0.4 is 0 Å². The summed E-state index contributed by atoms with van der Waals surface area (Å²) in [6.45, 7) is 8.98. The van der Waals surface area contributed by atoms with Crippen molar-refractivity contribution in [2.24, 2.45) is 5.41 Å². The molecule has 0 fully saturated rings. The van der Waals surface area contributed by atoms with Crippen molar-refractivity contribution in [2.75, 3.05) is 11.6 Å². The van der Waals surface area contributed by atoms with Gasteiger partial charge in [0.05, 0.1) is 11.0 Å². The van der Waals surface area contributed by atoms with Crippen LogP contribution in [0, 0.1) is 5.41 Å². The monoisotopic (exact) mass is 238 g/mol. The van der Waals surface area contributed by atoms with Gasteiger partial charge < -0.3 is 0 Å². The van der Waals surface area contributed by atoms with Gasteiger partial charge in [0, 0.05) is 5.88 Å². The molecule has 0 aromatic heterocycles. The van der Waals surface area contributed by atoms with E-state index in [0.29, 0.717) is 12.3 Å². The summed E-state index contributed by atoms with van der Waals surface area (Å²) in [6, 6.07) is 0. The maximum atomic E-state index is 11.5. The Bertz CT molecular complexity index is 282. The van der Waals surface area contributed by atoms with E-state index < -0.39 is 9.84 Å². The van der Waals surface area contributed by atoms with Gasteiger partial charge in [0.25, 0.3) is 0 Å². The first kappa shape index (κ1) is 14.0. The number of allylic oxidation sites excluding steroid dienone is 1. The molecule has 0 bridgehead atoms. The molecule has 0 aromatic carbocycles. The van der Waals surface area contributed by atoms with Crippen molar-refractivity contribution in [1.29, 1.82) is 0 Å². The molecule has 1 atom stereocenters. The third-order valence-electron chi connectivity index (χ3n) is 2.47. The Balaban J connectivity index is 4.39. The van der Waals surface area contributed by atoms with Crippen LogP contribution in [0.5, 0.6) is 0 Å². The predicted molar refractivity (Wildman–Crippen MR) is 62.6 cm³/mol. The molecule has 4 heteroatoms. The van der Waals surface area contributed by atoms with Gasteiger partial charge in [-0.2, -0.15) is 0 Å². The number of halogens is 1. The highest BCUT2D eigenvalue weighted by molar-refractivity contribution is 7.91. The average molecular weight is 239 g/mol. The van der Waals surface area contributed by atoms with Gasteiger partial charge in [-0.25, -0.2) is 8.42 Å². The fraction of sp³-hybridized carbons (Fsp3) is 0.800. The second-order valence-electron chi connectivity index (χ2n) is 4.16. The first-order chi connectivity index (χ1) is 6.27. The maximum Gasteiger partial charge on any atom is 0.152 e.